The predicted octanol–water partition coefficient (Wildman–Crippen LogP) is 5.55. The molecule has 1 heterocycles. The largest absolute Gasteiger partial charge is 0.485 e. The van der Waals surface area contributed by atoms with Crippen LogP contribution in [-0.4, -0.2) is 26.4 Å². The zero-order chi connectivity index (χ0) is 22.5. The summed E-state index contributed by atoms with van der Waals surface area (Å²) in [6, 6.07) is 18.0. The fraction of sp³-hybridized carbons (Fsp3) is 0.174. The molecule has 32 heavy (non-hydrogen) atoms. The monoisotopic (exact) mass is 470 g/mol. The first-order chi connectivity index (χ1) is 15.5. The Balaban J connectivity index is 1.40. The number of amides is 1. The van der Waals surface area contributed by atoms with Gasteiger partial charge in [0, 0.05) is 17.0 Å². The number of hydrogen-bond donors (Lipinski definition) is 1. The van der Waals surface area contributed by atoms with E-state index in [4.69, 9.17) is 16.3 Å². The number of carbonyl (C=O) groups is 1. The van der Waals surface area contributed by atoms with Crippen molar-refractivity contribution in [2.24, 2.45) is 0 Å². The topological polar surface area (TPSA) is 69.0 Å². The smallest absolute Gasteiger partial charge is 0.234 e. The summed E-state index contributed by atoms with van der Waals surface area (Å²) in [6.45, 7) is 2.84. The van der Waals surface area contributed by atoms with Crippen molar-refractivity contribution < 1.29 is 13.9 Å². The maximum absolute atomic E-state index is 13.9. The molecular weight excluding hydrogens is 451 g/mol. The molecule has 0 spiro atoms. The fourth-order valence-corrected chi connectivity index (χ4v) is 4.20. The van der Waals surface area contributed by atoms with Gasteiger partial charge in [0.15, 0.2) is 11.0 Å². The molecule has 3 aromatic carbocycles. The number of aromatic nitrogens is 3. The molecular formula is C23H20ClFN4O2S. The Morgan fingerprint density at radius 3 is 2.78 bits per heavy atom. The number of fused-ring (bicyclic) bond motifs is 1. The van der Waals surface area contributed by atoms with Crippen molar-refractivity contribution in [3.8, 4) is 5.75 Å². The van der Waals surface area contributed by atoms with Crippen LogP contribution in [0.3, 0.4) is 0 Å². The zero-order valence-electron chi connectivity index (χ0n) is 17.2. The lowest BCUT2D eigenvalue weighted by molar-refractivity contribution is -0.113. The molecule has 9 heteroatoms. The molecule has 1 N–H and O–H groups in total. The molecule has 1 aromatic heterocycles. The highest BCUT2D eigenvalue weighted by atomic mass is 35.5. The maximum Gasteiger partial charge on any atom is 0.234 e. The molecule has 0 aliphatic heterocycles. The summed E-state index contributed by atoms with van der Waals surface area (Å²) in [5.41, 5.74) is 0.0844. The minimum Gasteiger partial charge on any atom is -0.485 e. The van der Waals surface area contributed by atoms with Crippen molar-refractivity contribution in [1.29, 1.82) is 0 Å². The normalized spacial score (nSPS) is 11.0. The van der Waals surface area contributed by atoms with Crippen LogP contribution < -0.4 is 10.1 Å². The molecule has 1 amide bonds. The van der Waals surface area contributed by atoms with Gasteiger partial charge in [-0.2, -0.15) is 0 Å². The van der Waals surface area contributed by atoms with Crippen LogP contribution in [0.5, 0.6) is 5.75 Å². The van der Waals surface area contributed by atoms with Gasteiger partial charge in [-0.25, -0.2) is 4.39 Å². The number of halogens is 2. The Kier molecular flexibility index (Phi) is 6.92. The molecule has 0 unspecified atom stereocenters. The lowest BCUT2D eigenvalue weighted by Crippen LogP contribution is -2.15. The second-order valence-corrected chi connectivity index (χ2v) is 8.25. The van der Waals surface area contributed by atoms with E-state index in [0.717, 1.165) is 22.6 Å². The second-order valence-electron chi connectivity index (χ2n) is 6.87. The van der Waals surface area contributed by atoms with Crippen LogP contribution in [0.15, 0.2) is 65.8 Å². The molecule has 0 radical (unpaired) electrons. The van der Waals surface area contributed by atoms with E-state index in [-0.39, 0.29) is 29.0 Å². The number of nitrogens with zero attached hydrogens (tertiary/aromatic N) is 3. The van der Waals surface area contributed by atoms with E-state index in [1.807, 2.05) is 54.0 Å². The average Bonchev–Trinajstić information content (AvgIpc) is 3.20. The van der Waals surface area contributed by atoms with E-state index >= 15 is 0 Å². The van der Waals surface area contributed by atoms with Gasteiger partial charge in [-0.1, -0.05) is 59.8 Å². The third-order valence-electron chi connectivity index (χ3n) is 4.75. The Morgan fingerprint density at radius 2 is 1.97 bits per heavy atom. The average molecular weight is 471 g/mol. The Bertz CT molecular complexity index is 1260. The van der Waals surface area contributed by atoms with Crippen molar-refractivity contribution in [1.82, 2.24) is 14.8 Å². The molecule has 0 aliphatic rings. The second kappa shape index (κ2) is 10.0. The third kappa shape index (κ3) is 5.03. The molecule has 0 saturated carbocycles. The molecule has 0 fully saturated rings. The van der Waals surface area contributed by atoms with Crippen LogP contribution in [-0.2, 0) is 17.9 Å². The van der Waals surface area contributed by atoms with Crippen molar-refractivity contribution in [2.45, 2.75) is 25.2 Å². The van der Waals surface area contributed by atoms with Gasteiger partial charge in [-0.3, -0.25) is 4.79 Å². The highest BCUT2D eigenvalue weighted by Gasteiger charge is 2.15. The number of anilines is 1. The molecule has 4 rings (SSSR count). The van der Waals surface area contributed by atoms with E-state index in [9.17, 15) is 9.18 Å². The molecule has 164 valence electrons. The van der Waals surface area contributed by atoms with Crippen LogP contribution in [0.1, 0.15) is 12.7 Å². The van der Waals surface area contributed by atoms with Crippen LogP contribution in [0, 0.1) is 5.82 Å². The minimum absolute atomic E-state index is 0.0599. The molecule has 0 bridgehead atoms. The zero-order valence-corrected chi connectivity index (χ0v) is 18.8. The van der Waals surface area contributed by atoms with Crippen molar-refractivity contribution >= 4 is 45.7 Å². The predicted molar refractivity (Wildman–Crippen MR) is 125 cm³/mol. The lowest BCUT2D eigenvalue weighted by atomic mass is 10.1. The van der Waals surface area contributed by atoms with Gasteiger partial charge in [0.25, 0.3) is 0 Å². The van der Waals surface area contributed by atoms with Crippen molar-refractivity contribution in [3.63, 3.8) is 0 Å². The van der Waals surface area contributed by atoms with Gasteiger partial charge in [-0.05, 0) is 36.6 Å². The van der Waals surface area contributed by atoms with E-state index in [1.54, 1.807) is 0 Å². The van der Waals surface area contributed by atoms with E-state index < -0.39 is 5.82 Å². The van der Waals surface area contributed by atoms with E-state index in [2.05, 4.69) is 15.5 Å². The number of ether oxygens (including phenoxy) is 1. The maximum atomic E-state index is 13.9. The molecule has 0 saturated heterocycles. The summed E-state index contributed by atoms with van der Waals surface area (Å²) < 4.78 is 21.8. The number of hydrogen-bond acceptors (Lipinski definition) is 5. The van der Waals surface area contributed by atoms with Crippen LogP contribution in [0.4, 0.5) is 10.1 Å². The fourth-order valence-electron chi connectivity index (χ4n) is 3.22. The summed E-state index contributed by atoms with van der Waals surface area (Å²) in [4.78, 5) is 12.3. The lowest BCUT2D eigenvalue weighted by Gasteiger charge is -2.11. The number of rotatable bonds is 8. The van der Waals surface area contributed by atoms with Crippen LogP contribution >= 0.6 is 23.4 Å². The summed E-state index contributed by atoms with van der Waals surface area (Å²) in [5.74, 6) is 0.556. The summed E-state index contributed by atoms with van der Waals surface area (Å²) >= 11 is 6.97. The van der Waals surface area contributed by atoms with Gasteiger partial charge in [0.05, 0.1) is 11.4 Å². The highest BCUT2D eigenvalue weighted by Crippen LogP contribution is 2.26. The van der Waals surface area contributed by atoms with Gasteiger partial charge in [-0.15, -0.1) is 10.2 Å². The van der Waals surface area contributed by atoms with Crippen LogP contribution in [0.25, 0.3) is 10.8 Å². The van der Waals surface area contributed by atoms with E-state index in [0.29, 0.717) is 17.5 Å². The molecule has 4 aromatic rings. The van der Waals surface area contributed by atoms with Crippen LogP contribution in [0.2, 0.25) is 5.02 Å². The number of nitrogens with one attached hydrogen (secondary N) is 1. The standard InChI is InChI=1S/C23H20ClFN4O2S/c1-2-29-21(13-31-20-9-5-7-15-6-3-4-8-17(15)20)27-28-23(29)32-14-22(30)26-19-11-10-16(24)12-18(19)25/h3-12H,2,13-14H2,1H3,(H,26,30). The first kappa shape index (κ1) is 22.1. The first-order valence-corrected chi connectivity index (χ1v) is 11.3. The third-order valence-corrected chi connectivity index (χ3v) is 5.96. The van der Waals surface area contributed by atoms with Gasteiger partial charge in [0.1, 0.15) is 18.2 Å². The number of thioether (sulfide) groups is 1. The Labute approximate surface area is 193 Å². The number of benzene rings is 3. The van der Waals surface area contributed by atoms with E-state index in [1.165, 1.54) is 23.9 Å². The van der Waals surface area contributed by atoms with Gasteiger partial charge >= 0.3 is 0 Å². The summed E-state index contributed by atoms with van der Waals surface area (Å²) in [5, 5.41) is 13.9. The summed E-state index contributed by atoms with van der Waals surface area (Å²) in [6.07, 6.45) is 0. The first-order valence-electron chi connectivity index (χ1n) is 9.95. The van der Waals surface area contributed by atoms with Gasteiger partial charge in [0.2, 0.25) is 5.91 Å². The van der Waals surface area contributed by atoms with Crippen molar-refractivity contribution in [2.75, 3.05) is 11.1 Å². The molecule has 6 nitrogen and oxygen atoms in total. The molecule has 0 atom stereocenters. The Morgan fingerprint density at radius 1 is 1.16 bits per heavy atom. The summed E-state index contributed by atoms with van der Waals surface area (Å²) in [7, 11) is 0. The number of carbonyl (C=O) groups excluding carboxylic acids is 1. The Hall–Kier alpha value is -3.10. The highest BCUT2D eigenvalue weighted by molar-refractivity contribution is 7.99. The van der Waals surface area contributed by atoms with Gasteiger partial charge < -0.3 is 14.6 Å². The van der Waals surface area contributed by atoms with Crippen molar-refractivity contribution in [3.05, 3.63) is 77.3 Å². The quantitative estimate of drug-likeness (QED) is 0.342. The minimum atomic E-state index is -0.583. The molecule has 0 aliphatic carbocycles. The SMILES string of the molecule is CCn1c(COc2cccc3ccccc23)nnc1SCC(=O)Nc1ccc(Cl)cc1F.